The summed E-state index contributed by atoms with van der Waals surface area (Å²) in [7, 11) is 3.68. The van der Waals surface area contributed by atoms with E-state index in [9.17, 15) is 0 Å². The van der Waals surface area contributed by atoms with Crippen molar-refractivity contribution in [3.05, 3.63) is 21.9 Å². The highest BCUT2D eigenvalue weighted by Crippen LogP contribution is 2.24. The molecule has 0 bridgehead atoms. The minimum atomic E-state index is 0. The van der Waals surface area contributed by atoms with Gasteiger partial charge in [-0.3, -0.25) is 9.89 Å². The number of halogens is 3. The third kappa shape index (κ3) is 5.97. The second kappa shape index (κ2) is 10.7. The zero-order valence-corrected chi connectivity index (χ0v) is 18.5. The van der Waals surface area contributed by atoms with Gasteiger partial charge in [0.2, 0.25) is 0 Å². The Kier molecular flexibility index (Phi) is 9.77. The highest BCUT2D eigenvalue weighted by atomic mass is 127. The average Bonchev–Trinajstić information content (AvgIpc) is 2.79. The van der Waals surface area contributed by atoms with Crippen LogP contribution in [-0.4, -0.2) is 48.2 Å². The standard InChI is InChI=1S/C16H27Cl2N5.HI/c1-12-6-4-5-8-23(12)9-7-20-16(19-2)21-11-13-10-14(17)15(18)22(13)3;/h10,12H,4-9,11H2,1-3H3,(H2,19,20,21);1H. The van der Waals surface area contributed by atoms with Crippen LogP contribution in [0.2, 0.25) is 10.2 Å². The van der Waals surface area contributed by atoms with Gasteiger partial charge in [0.05, 0.1) is 11.6 Å². The molecule has 2 heterocycles. The van der Waals surface area contributed by atoms with E-state index in [4.69, 9.17) is 23.2 Å². The third-order valence-corrected chi connectivity index (χ3v) is 5.35. The first-order valence-electron chi connectivity index (χ1n) is 8.21. The van der Waals surface area contributed by atoms with Crippen molar-refractivity contribution in [1.29, 1.82) is 0 Å². The summed E-state index contributed by atoms with van der Waals surface area (Å²) in [6.45, 7) is 6.08. The molecule has 0 radical (unpaired) electrons. The minimum Gasteiger partial charge on any atom is -0.355 e. The van der Waals surface area contributed by atoms with Crippen LogP contribution in [0.3, 0.4) is 0 Å². The molecule has 1 aliphatic rings. The molecule has 1 aromatic rings. The van der Waals surface area contributed by atoms with E-state index in [-0.39, 0.29) is 24.0 Å². The second-order valence-electron chi connectivity index (χ2n) is 6.07. The van der Waals surface area contributed by atoms with Gasteiger partial charge in [0.1, 0.15) is 5.15 Å². The highest BCUT2D eigenvalue weighted by Gasteiger charge is 2.17. The fourth-order valence-electron chi connectivity index (χ4n) is 2.96. The van der Waals surface area contributed by atoms with E-state index in [2.05, 4.69) is 27.4 Å². The van der Waals surface area contributed by atoms with Crippen molar-refractivity contribution in [3.63, 3.8) is 0 Å². The molecule has 138 valence electrons. The molecule has 5 nitrogen and oxygen atoms in total. The summed E-state index contributed by atoms with van der Waals surface area (Å²) in [6.07, 6.45) is 3.98. The number of hydrogen-bond acceptors (Lipinski definition) is 2. The third-order valence-electron chi connectivity index (χ3n) is 4.51. The van der Waals surface area contributed by atoms with Gasteiger partial charge in [0.25, 0.3) is 0 Å². The Morgan fingerprint density at radius 1 is 1.33 bits per heavy atom. The monoisotopic (exact) mass is 487 g/mol. The molecule has 8 heteroatoms. The Hall–Kier alpha value is -0.180. The van der Waals surface area contributed by atoms with E-state index in [0.717, 1.165) is 24.7 Å². The van der Waals surface area contributed by atoms with Crippen LogP contribution in [-0.2, 0) is 13.6 Å². The molecule has 24 heavy (non-hydrogen) atoms. The Morgan fingerprint density at radius 2 is 2.08 bits per heavy atom. The number of nitrogens with zero attached hydrogens (tertiary/aromatic N) is 3. The summed E-state index contributed by atoms with van der Waals surface area (Å²) in [5, 5.41) is 7.81. The Balaban J connectivity index is 0.00000288. The molecular weight excluding hydrogens is 460 g/mol. The van der Waals surface area contributed by atoms with E-state index >= 15 is 0 Å². The molecule has 1 unspecified atom stereocenters. The summed E-state index contributed by atoms with van der Waals surface area (Å²) in [5.41, 5.74) is 1.02. The van der Waals surface area contributed by atoms with E-state index in [1.807, 2.05) is 17.7 Å². The van der Waals surface area contributed by atoms with Crippen LogP contribution in [0.1, 0.15) is 31.9 Å². The van der Waals surface area contributed by atoms with E-state index in [0.29, 0.717) is 22.8 Å². The lowest BCUT2D eigenvalue weighted by Gasteiger charge is -2.33. The minimum absolute atomic E-state index is 0. The summed E-state index contributed by atoms with van der Waals surface area (Å²) in [6, 6.07) is 2.56. The maximum Gasteiger partial charge on any atom is 0.191 e. The lowest BCUT2D eigenvalue weighted by atomic mass is 10.0. The zero-order chi connectivity index (χ0) is 16.8. The van der Waals surface area contributed by atoms with Gasteiger partial charge in [-0.2, -0.15) is 0 Å². The van der Waals surface area contributed by atoms with Crippen molar-refractivity contribution >= 4 is 53.1 Å². The van der Waals surface area contributed by atoms with Gasteiger partial charge in [0, 0.05) is 38.9 Å². The Labute approximate surface area is 172 Å². The number of nitrogens with one attached hydrogen (secondary N) is 2. The van der Waals surface area contributed by atoms with Gasteiger partial charge in [-0.05, 0) is 32.4 Å². The van der Waals surface area contributed by atoms with Gasteiger partial charge in [-0.1, -0.05) is 29.6 Å². The molecule has 0 aliphatic carbocycles. The molecular formula is C16H28Cl2IN5. The molecule has 2 rings (SSSR count). The van der Waals surface area contributed by atoms with Gasteiger partial charge >= 0.3 is 0 Å². The van der Waals surface area contributed by atoms with E-state index in [1.165, 1.54) is 25.8 Å². The number of aliphatic imine (C=N–C) groups is 1. The maximum absolute atomic E-state index is 6.08. The van der Waals surface area contributed by atoms with Crippen molar-refractivity contribution in [2.75, 3.05) is 26.7 Å². The number of aromatic nitrogens is 1. The Bertz CT molecular complexity index is 547. The van der Waals surface area contributed by atoms with E-state index in [1.54, 1.807) is 7.05 Å². The van der Waals surface area contributed by atoms with Crippen LogP contribution in [0, 0.1) is 0 Å². The molecule has 0 saturated carbocycles. The SMILES string of the molecule is CN=C(NCCN1CCCCC1C)NCc1cc(Cl)c(Cl)n1C.I. The smallest absolute Gasteiger partial charge is 0.191 e. The fourth-order valence-corrected chi connectivity index (χ4v) is 3.38. The van der Waals surface area contributed by atoms with Gasteiger partial charge in [-0.15, -0.1) is 24.0 Å². The first-order valence-corrected chi connectivity index (χ1v) is 8.96. The molecule has 1 atom stereocenters. The summed E-state index contributed by atoms with van der Waals surface area (Å²) in [5.74, 6) is 0.795. The van der Waals surface area contributed by atoms with Gasteiger partial charge in [-0.25, -0.2) is 0 Å². The number of likely N-dealkylation sites (tertiary alicyclic amines) is 1. The summed E-state index contributed by atoms with van der Waals surface area (Å²) < 4.78 is 1.87. The first kappa shape index (κ1) is 21.9. The number of guanidine groups is 1. The van der Waals surface area contributed by atoms with E-state index < -0.39 is 0 Å². The topological polar surface area (TPSA) is 44.6 Å². The van der Waals surface area contributed by atoms with Crippen LogP contribution in [0.4, 0.5) is 0 Å². The van der Waals surface area contributed by atoms with Crippen LogP contribution in [0.5, 0.6) is 0 Å². The second-order valence-corrected chi connectivity index (χ2v) is 6.83. The summed E-state index contributed by atoms with van der Waals surface area (Å²) in [4.78, 5) is 6.81. The van der Waals surface area contributed by atoms with Gasteiger partial charge in [0.15, 0.2) is 5.96 Å². The zero-order valence-electron chi connectivity index (χ0n) is 14.6. The van der Waals surface area contributed by atoms with Crippen LogP contribution in [0.15, 0.2) is 11.1 Å². The van der Waals surface area contributed by atoms with Crippen molar-refractivity contribution in [2.24, 2.45) is 12.0 Å². The predicted molar refractivity (Wildman–Crippen MR) is 114 cm³/mol. The van der Waals surface area contributed by atoms with Crippen LogP contribution in [0.25, 0.3) is 0 Å². The maximum atomic E-state index is 6.08. The quantitative estimate of drug-likeness (QED) is 0.379. The lowest BCUT2D eigenvalue weighted by Crippen LogP contribution is -2.45. The van der Waals surface area contributed by atoms with Crippen LogP contribution >= 0.6 is 47.2 Å². The molecule has 1 aromatic heterocycles. The van der Waals surface area contributed by atoms with Crippen molar-refractivity contribution in [2.45, 2.75) is 38.8 Å². The number of piperidine rings is 1. The molecule has 0 amide bonds. The number of hydrogen-bond donors (Lipinski definition) is 2. The molecule has 1 fully saturated rings. The lowest BCUT2D eigenvalue weighted by molar-refractivity contribution is 0.163. The molecule has 0 aromatic carbocycles. The number of rotatable bonds is 5. The molecule has 1 saturated heterocycles. The fraction of sp³-hybridized carbons (Fsp3) is 0.688. The highest BCUT2D eigenvalue weighted by molar-refractivity contribution is 14.0. The largest absolute Gasteiger partial charge is 0.355 e. The average molecular weight is 488 g/mol. The molecule has 1 aliphatic heterocycles. The molecule has 0 spiro atoms. The molecule has 2 N–H and O–H groups in total. The summed E-state index contributed by atoms with van der Waals surface area (Å²) >= 11 is 12.1. The van der Waals surface area contributed by atoms with Crippen molar-refractivity contribution in [1.82, 2.24) is 20.1 Å². The predicted octanol–water partition coefficient (Wildman–Crippen LogP) is 3.49. The normalized spacial score (nSPS) is 19.0. The Morgan fingerprint density at radius 3 is 2.67 bits per heavy atom. The van der Waals surface area contributed by atoms with Crippen LogP contribution < -0.4 is 10.6 Å². The van der Waals surface area contributed by atoms with Gasteiger partial charge < -0.3 is 15.2 Å². The first-order chi connectivity index (χ1) is 11.0. The van der Waals surface area contributed by atoms with Crippen molar-refractivity contribution in [3.8, 4) is 0 Å². The van der Waals surface area contributed by atoms with Crippen molar-refractivity contribution < 1.29 is 0 Å².